The number of hydrogen-bond donors (Lipinski definition) is 1. The van der Waals surface area contributed by atoms with E-state index in [4.69, 9.17) is 9.15 Å². The molecule has 1 aromatic rings. The average molecular weight is 295 g/mol. The normalized spacial score (nSPS) is 22.3. The summed E-state index contributed by atoms with van der Waals surface area (Å²) in [5.74, 6) is -0.477. The second-order valence-electron chi connectivity index (χ2n) is 6.33. The first-order chi connectivity index (χ1) is 9.74. The van der Waals surface area contributed by atoms with Crippen molar-refractivity contribution in [3.05, 3.63) is 24.2 Å². The zero-order chi connectivity index (χ0) is 15.7. The summed E-state index contributed by atoms with van der Waals surface area (Å²) in [6, 6.07) is 3.42. The molecule has 0 aliphatic carbocycles. The third-order valence-electron chi connectivity index (χ3n) is 3.55. The zero-order valence-corrected chi connectivity index (χ0v) is 12.6. The van der Waals surface area contributed by atoms with Crippen molar-refractivity contribution in [1.82, 2.24) is 4.90 Å². The molecular formula is C15H21NO5. The smallest absolute Gasteiger partial charge is 0.411 e. The second-order valence-corrected chi connectivity index (χ2v) is 6.33. The largest absolute Gasteiger partial charge is 0.479 e. The Kier molecular flexibility index (Phi) is 3.98. The molecule has 1 aromatic heterocycles. The predicted octanol–water partition coefficient (Wildman–Crippen LogP) is 2.68. The number of carbonyl (C=O) groups excluding carboxylic acids is 1. The van der Waals surface area contributed by atoms with Crippen LogP contribution in [0.1, 0.15) is 39.4 Å². The molecule has 1 N–H and O–H groups in total. The van der Waals surface area contributed by atoms with Gasteiger partial charge in [0.25, 0.3) is 0 Å². The molecular weight excluding hydrogens is 274 g/mol. The van der Waals surface area contributed by atoms with Crippen LogP contribution in [0.5, 0.6) is 0 Å². The molecule has 1 aliphatic rings. The fourth-order valence-corrected chi connectivity index (χ4v) is 2.64. The number of amides is 1. The van der Waals surface area contributed by atoms with Crippen LogP contribution >= 0.6 is 0 Å². The molecule has 0 aromatic carbocycles. The number of carboxylic acids is 1. The Hall–Kier alpha value is -1.98. The Labute approximate surface area is 123 Å². The molecule has 0 spiro atoms. The van der Waals surface area contributed by atoms with E-state index >= 15 is 0 Å². The lowest BCUT2D eigenvalue weighted by Gasteiger charge is -2.35. The fourth-order valence-electron chi connectivity index (χ4n) is 2.64. The van der Waals surface area contributed by atoms with Crippen LogP contribution in [0.15, 0.2) is 22.8 Å². The van der Waals surface area contributed by atoms with Crippen LogP contribution in [0.4, 0.5) is 4.79 Å². The summed E-state index contributed by atoms with van der Waals surface area (Å²) in [5, 5.41) is 9.69. The van der Waals surface area contributed by atoms with Gasteiger partial charge in [-0.2, -0.15) is 0 Å². The summed E-state index contributed by atoms with van der Waals surface area (Å²) >= 11 is 0. The van der Waals surface area contributed by atoms with Gasteiger partial charge in [0.2, 0.25) is 0 Å². The number of rotatable bonds is 3. The lowest BCUT2D eigenvalue weighted by Crippen LogP contribution is -2.55. The molecule has 1 saturated heterocycles. The quantitative estimate of drug-likeness (QED) is 0.927. The van der Waals surface area contributed by atoms with Crippen molar-refractivity contribution in [3.8, 4) is 0 Å². The van der Waals surface area contributed by atoms with Crippen molar-refractivity contribution in [1.29, 1.82) is 0 Å². The molecule has 0 bridgehead atoms. The lowest BCUT2D eigenvalue weighted by atomic mass is 9.91. The first-order valence-corrected chi connectivity index (χ1v) is 7.01. The predicted molar refractivity (Wildman–Crippen MR) is 75.0 cm³/mol. The molecule has 6 heteroatoms. The van der Waals surface area contributed by atoms with Gasteiger partial charge in [0, 0.05) is 13.0 Å². The molecule has 1 amide bonds. The van der Waals surface area contributed by atoms with Crippen molar-refractivity contribution >= 4 is 12.1 Å². The summed E-state index contributed by atoms with van der Waals surface area (Å²) in [4.78, 5) is 25.5. The number of nitrogens with zero attached hydrogens (tertiary/aromatic N) is 1. The number of likely N-dealkylation sites (tertiary alicyclic amines) is 1. The maximum Gasteiger partial charge on any atom is 0.411 e. The standard InChI is InChI=1S/C15H21NO5/c1-14(2,3)21-13(19)16-8-5-7-15(16,12(17)18)10-11-6-4-9-20-11/h4,6,9H,5,7-8,10H2,1-3H3,(H,17,18)/t15-/m1/s1. The van der Waals surface area contributed by atoms with Gasteiger partial charge < -0.3 is 14.3 Å². The monoisotopic (exact) mass is 295 g/mol. The molecule has 1 fully saturated rings. The van der Waals surface area contributed by atoms with Gasteiger partial charge in [0.05, 0.1) is 6.26 Å². The van der Waals surface area contributed by atoms with E-state index in [0.717, 1.165) is 0 Å². The number of aliphatic carboxylic acids is 1. The number of carboxylic acid groups (broad SMARTS) is 1. The Morgan fingerprint density at radius 1 is 1.48 bits per heavy atom. The minimum atomic E-state index is -1.29. The van der Waals surface area contributed by atoms with E-state index in [2.05, 4.69) is 0 Å². The van der Waals surface area contributed by atoms with E-state index in [1.807, 2.05) is 0 Å². The SMILES string of the molecule is CC(C)(C)OC(=O)N1CCC[C@@]1(Cc1ccco1)C(=O)O. The Morgan fingerprint density at radius 2 is 2.19 bits per heavy atom. The number of hydrogen-bond acceptors (Lipinski definition) is 4. The van der Waals surface area contributed by atoms with Crippen LogP contribution in [-0.2, 0) is 16.0 Å². The van der Waals surface area contributed by atoms with Gasteiger partial charge in [-0.1, -0.05) is 0 Å². The Morgan fingerprint density at radius 3 is 2.71 bits per heavy atom. The molecule has 0 saturated carbocycles. The molecule has 0 unspecified atom stereocenters. The molecule has 1 atom stereocenters. The van der Waals surface area contributed by atoms with Gasteiger partial charge in [0.1, 0.15) is 11.4 Å². The summed E-state index contributed by atoms with van der Waals surface area (Å²) in [6.45, 7) is 5.66. The highest BCUT2D eigenvalue weighted by molar-refractivity contribution is 5.85. The molecule has 21 heavy (non-hydrogen) atoms. The molecule has 2 rings (SSSR count). The van der Waals surface area contributed by atoms with Gasteiger partial charge in [-0.3, -0.25) is 4.90 Å². The lowest BCUT2D eigenvalue weighted by molar-refractivity contribution is -0.149. The number of carbonyl (C=O) groups is 2. The van der Waals surface area contributed by atoms with Crippen LogP contribution < -0.4 is 0 Å². The average Bonchev–Trinajstić information content (AvgIpc) is 2.96. The van der Waals surface area contributed by atoms with Gasteiger partial charge in [-0.25, -0.2) is 9.59 Å². The second kappa shape index (κ2) is 5.42. The van der Waals surface area contributed by atoms with Crippen molar-refractivity contribution in [2.24, 2.45) is 0 Å². The molecule has 6 nitrogen and oxygen atoms in total. The van der Waals surface area contributed by atoms with Gasteiger partial charge in [0.15, 0.2) is 5.54 Å². The van der Waals surface area contributed by atoms with E-state index in [1.54, 1.807) is 32.9 Å². The van der Waals surface area contributed by atoms with Gasteiger partial charge >= 0.3 is 12.1 Å². The highest BCUT2D eigenvalue weighted by atomic mass is 16.6. The van der Waals surface area contributed by atoms with E-state index in [9.17, 15) is 14.7 Å². The van der Waals surface area contributed by atoms with Crippen LogP contribution in [0.3, 0.4) is 0 Å². The first kappa shape index (κ1) is 15.4. The highest BCUT2D eigenvalue weighted by Crippen LogP contribution is 2.34. The molecule has 0 radical (unpaired) electrons. The van der Waals surface area contributed by atoms with Crippen molar-refractivity contribution in [2.45, 2.75) is 51.2 Å². The third-order valence-corrected chi connectivity index (χ3v) is 3.55. The minimum Gasteiger partial charge on any atom is -0.479 e. The van der Waals surface area contributed by atoms with Crippen molar-refractivity contribution in [3.63, 3.8) is 0 Å². The summed E-state index contributed by atoms with van der Waals surface area (Å²) in [7, 11) is 0. The summed E-state index contributed by atoms with van der Waals surface area (Å²) in [6.07, 6.45) is 2.08. The van der Waals surface area contributed by atoms with Gasteiger partial charge in [-0.15, -0.1) is 0 Å². The summed E-state index contributed by atoms with van der Waals surface area (Å²) < 4.78 is 10.6. The topological polar surface area (TPSA) is 80.0 Å². The minimum absolute atomic E-state index is 0.147. The number of ether oxygens (including phenoxy) is 1. The molecule has 1 aliphatic heterocycles. The van der Waals surface area contributed by atoms with Crippen molar-refractivity contribution in [2.75, 3.05) is 6.54 Å². The molecule has 2 heterocycles. The molecule has 116 valence electrons. The van der Waals surface area contributed by atoms with Crippen LogP contribution in [0.25, 0.3) is 0 Å². The Balaban J connectivity index is 2.26. The third kappa shape index (κ3) is 3.20. The maximum atomic E-state index is 12.3. The number of furan rings is 1. The maximum absolute atomic E-state index is 12.3. The first-order valence-electron chi connectivity index (χ1n) is 7.01. The highest BCUT2D eigenvalue weighted by Gasteiger charge is 2.51. The van der Waals surface area contributed by atoms with E-state index in [1.165, 1.54) is 11.2 Å². The van der Waals surface area contributed by atoms with E-state index in [-0.39, 0.29) is 6.42 Å². The van der Waals surface area contributed by atoms with Crippen LogP contribution in [0, 0.1) is 0 Å². The van der Waals surface area contributed by atoms with E-state index in [0.29, 0.717) is 25.1 Å². The van der Waals surface area contributed by atoms with Gasteiger partial charge in [-0.05, 0) is 45.7 Å². The van der Waals surface area contributed by atoms with Crippen LogP contribution in [-0.4, -0.2) is 39.8 Å². The summed E-state index contributed by atoms with van der Waals surface area (Å²) in [5.41, 5.74) is -1.95. The van der Waals surface area contributed by atoms with Crippen LogP contribution in [0.2, 0.25) is 0 Å². The van der Waals surface area contributed by atoms with E-state index < -0.39 is 23.2 Å². The fraction of sp³-hybridized carbons (Fsp3) is 0.600. The van der Waals surface area contributed by atoms with Crippen molar-refractivity contribution < 1.29 is 23.8 Å². The zero-order valence-electron chi connectivity index (χ0n) is 12.6. The Bertz CT molecular complexity index is 517.